The van der Waals surface area contributed by atoms with Crippen molar-refractivity contribution in [3.8, 4) is 0 Å². The first-order valence-corrected chi connectivity index (χ1v) is 5.77. The van der Waals surface area contributed by atoms with E-state index in [1.54, 1.807) is 0 Å². The van der Waals surface area contributed by atoms with Crippen LogP contribution >= 0.6 is 0 Å². The number of nitrogen functional groups attached to an aromatic ring is 1. The number of nitrogens with two attached hydrogens (primary N) is 2. The maximum absolute atomic E-state index is 11.0. The Balaban J connectivity index is 3.06. The van der Waals surface area contributed by atoms with Gasteiger partial charge in [0.25, 0.3) is 0 Å². The predicted molar refractivity (Wildman–Crippen MR) is 57.8 cm³/mol. The van der Waals surface area contributed by atoms with Crippen LogP contribution in [0.2, 0.25) is 0 Å². The summed E-state index contributed by atoms with van der Waals surface area (Å²) in [4.78, 5) is -0.0165. The Labute approximate surface area is 87.9 Å². The second-order valence-corrected chi connectivity index (χ2v) is 4.51. The van der Waals surface area contributed by atoms with Crippen molar-refractivity contribution in [3.05, 3.63) is 18.2 Å². The Morgan fingerprint density at radius 2 is 2.07 bits per heavy atom. The zero-order valence-corrected chi connectivity index (χ0v) is 8.79. The van der Waals surface area contributed by atoms with Crippen LogP contribution in [-0.2, 0) is 10.0 Å². The quantitative estimate of drug-likeness (QED) is 0.512. The lowest BCUT2D eigenvalue weighted by Gasteiger charge is -2.09. The second-order valence-electron chi connectivity index (χ2n) is 2.94. The summed E-state index contributed by atoms with van der Waals surface area (Å²) in [6.07, 6.45) is 0. The third-order valence-corrected chi connectivity index (χ3v) is 2.69. The molecule has 0 bridgehead atoms. The number of rotatable bonds is 4. The summed E-state index contributed by atoms with van der Waals surface area (Å²) in [6, 6.07) is 4.11. The van der Waals surface area contributed by atoms with Gasteiger partial charge in [0.2, 0.25) is 10.0 Å². The highest BCUT2D eigenvalue weighted by molar-refractivity contribution is 7.89. The molecule has 1 rings (SSSR count). The van der Waals surface area contributed by atoms with Gasteiger partial charge >= 0.3 is 0 Å². The fourth-order valence-electron chi connectivity index (χ4n) is 1.06. The molecule has 1 aromatic rings. The van der Waals surface area contributed by atoms with E-state index in [1.807, 2.05) is 0 Å². The Morgan fingerprint density at radius 1 is 1.40 bits per heavy atom. The van der Waals surface area contributed by atoms with E-state index in [4.69, 9.17) is 16.0 Å². The molecule has 6 nitrogen and oxygen atoms in total. The summed E-state index contributed by atoms with van der Waals surface area (Å²) in [5, 5.41) is 16.3. The van der Waals surface area contributed by atoms with E-state index in [0.29, 0.717) is 11.4 Å². The molecule has 0 amide bonds. The molecule has 0 saturated carbocycles. The van der Waals surface area contributed by atoms with Crippen LogP contribution < -0.4 is 16.2 Å². The number of aliphatic hydroxyl groups is 1. The van der Waals surface area contributed by atoms with Crippen LogP contribution in [0.15, 0.2) is 23.1 Å². The van der Waals surface area contributed by atoms with E-state index >= 15 is 0 Å². The minimum Gasteiger partial charge on any atom is -0.397 e. The number of hydrogen-bond donors (Lipinski definition) is 4. The van der Waals surface area contributed by atoms with E-state index in [9.17, 15) is 8.42 Å². The first-order valence-electron chi connectivity index (χ1n) is 4.22. The van der Waals surface area contributed by atoms with Crippen LogP contribution in [-0.4, -0.2) is 26.7 Å². The first-order chi connectivity index (χ1) is 6.95. The second kappa shape index (κ2) is 4.47. The average Bonchev–Trinajstić information content (AvgIpc) is 2.15. The zero-order chi connectivity index (χ0) is 11.5. The SMILES string of the molecule is Nc1ccc(S(N)(=O)=O)cc1NCCO. The van der Waals surface area contributed by atoms with Crippen molar-refractivity contribution in [1.29, 1.82) is 0 Å². The van der Waals surface area contributed by atoms with Gasteiger partial charge in [-0.1, -0.05) is 0 Å². The van der Waals surface area contributed by atoms with E-state index in [-0.39, 0.29) is 18.0 Å². The number of sulfonamides is 1. The van der Waals surface area contributed by atoms with Crippen LogP contribution in [0.5, 0.6) is 0 Å². The highest BCUT2D eigenvalue weighted by Gasteiger charge is 2.09. The summed E-state index contributed by atoms with van der Waals surface area (Å²) >= 11 is 0. The summed E-state index contributed by atoms with van der Waals surface area (Å²) < 4.78 is 22.1. The number of nitrogens with one attached hydrogen (secondary N) is 1. The molecule has 6 N–H and O–H groups in total. The van der Waals surface area contributed by atoms with Crippen molar-refractivity contribution >= 4 is 21.4 Å². The molecule has 0 radical (unpaired) electrons. The van der Waals surface area contributed by atoms with E-state index in [2.05, 4.69) is 5.32 Å². The van der Waals surface area contributed by atoms with Crippen molar-refractivity contribution in [3.63, 3.8) is 0 Å². The Bertz CT molecular complexity index is 444. The minimum atomic E-state index is -3.73. The number of aliphatic hydroxyl groups excluding tert-OH is 1. The van der Waals surface area contributed by atoms with Crippen LogP contribution in [0.4, 0.5) is 11.4 Å². The van der Waals surface area contributed by atoms with Crippen molar-refractivity contribution in [2.75, 3.05) is 24.2 Å². The molecule has 15 heavy (non-hydrogen) atoms. The van der Waals surface area contributed by atoms with Gasteiger partial charge in [-0.25, -0.2) is 13.6 Å². The fourth-order valence-corrected chi connectivity index (χ4v) is 1.60. The van der Waals surface area contributed by atoms with Gasteiger partial charge in [0.05, 0.1) is 22.9 Å². The van der Waals surface area contributed by atoms with Crippen molar-refractivity contribution in [2.24, 2.45) is 5.14 Å². The van der Waals surface area contributed by atoms with Gasteiger partial charge in [0.1, 0.15) is 0 Å². The van der Waals surface area contributed by atoms with Crippen molar-refractivity contribution in [1.82, 2.24) is 0 Å². The molecule has 0 unspecified atom stereocenters. The van der Waals surface area contributed by atoms with Crippen LogP contribution in [0.1, 0.15) is 0 Å². The Morgan fingerprint density at radius 3 is 2.60 bits per heavy atom. The number of hydrogen-bond acceptors (Lipinski definition) is 5. The standard InChI is InChI=1S/C8H13N3O3S/c9-7-2-1-6(15(10,13)14)5-8(7)11-3-4-12/h1-2,5,11-12H,3-4,9H2,(H2,10,13,14). The summed E-state index contributed by atoms with van der Waals surface area (Å²) in [5.41, 5.74) is 6.43. The van der Waals surface area contributed by atoms with E-state index < -0.39 is 10.0 Å². The van der Waals surface area contributed by atoms with Gasteiger partial charge in [-0.05, 0) is 18.2 Å². The highest BCUT2D eigenvalue weighted by atomic mass is 32.2. The topological polar surface area (TPSA) is 118 Å². The lowest BCUT2D eigenvalue weighted by atomic mass is 10.2. The molecule has 0 atom stereocenters. The third kappa shape index (κ3) is 3.08. The smallest absolute Gasteiger partial charge is 0.238 e. The van der Waals surface area contributed by atoms with Crippen LogP contribution in [0.25, 0.3) is 0 Å². The lowest BCUT2D eigenvalue weighted by Crippen LogP contribution is -2.14. The summed E-state index contributed by atoms with van der Waals surface area (Å²) in [5.74, 6) is 0. The fraction of sp³-hybridized carbons (Fsp3) is 0.250. The van der Waals surface area contributed by atoms with Crippen LogP contribution in [0.3, 0.4) is 0 Å². The zero-order valence-electron chi connectivity index (χ0n) is 7.97. The minimum absolute atomic E-state index is 0.0165. The normalized spacial score (nSPS) is 11.3. The maximum Gasteiger partial charge on any atom is 0.238 e. The van der Waals surface area contributed by atoms with Crippen molar-refractivity contribution < 1.29 is 13.5 Å². The first kappa shape index (κ1) is 11.8. The monoisotopic (exact) mass is 231 g/mol. The van der Waals surface area contributed by atoms with E-state index in [1.165, 1.54) is 18.2 Å². The average molecular weight is 231 g/mol. The Kier molecular flexibility index (Phi) is 3.51. The lowest BCUT2D eigenvalue weighted by molar-refractivity contribution is 0.311. The summed E-state index contributed by atoms with van der Waals surface area (Å²) in [7, 11) is -3.73. The number of anilines is 2. The van der Waals surface area contributed by atoms with E-state index in [0.717, 1.165) is 0 Å². The molecule has 0 heterocycles. The van der Waals surface area contributed by atoms with Crippen molar-refractivity contribution in [2.45, 2.75) is 4.90 Å². The van der Waals surface area contributed by atoms with Gasteiger partial charge in [0, 0.05) is 6.54 Å². The number of primary sulfonamides is 1. The van der Waals surface area contributed by atoms with Gasteiger partial charge in [-0.3, -0.25) is 0 Å². The molecule has 7 heteroatoms. The Hall–Kier alpha value is -1.31. The van der Waals surface area contributed by atoms with Crippen LogP contribution in [0, 0.1) is 0 Å². The molecule has 0 aliphatic carbocycles. The highest BCUT2D eigenvalue weighted by Crippen LogP contribution is 2.21. The molecular weight excluding hydrogens is 218 g/mol. The molecular formula is C8H13N3O3S. The molecule has 0 aliphatic heterocycles. The molecule has 0 fully saturated rings. The van der Waals surface area contributed by atoms with Gasteiger partial charge in [-0.2, -0.15) is 0 Å². The van der Waals surface area contributed by atoms with Gasteiger partial charge < -0.3 is 16.2 Å². The third-order valence-electron chi connectivity index (χ3n) is 1.78. The summed E-state index contributed by atoms with van der Waals surface area (Å²) in [6.45, 7) is 0.220. The molecule has 0 aliphatic rings. The molecule has 0 aromatic heterocycles. The predicted octanol–water partition coefficient (Wildman–Crippen LogP) is -0.680. The maximum atomic E-state index is 11.0. The molecule has 0 spiro atoms. The molecule has 1 aromatic carbocycles. The molecule has 84 valence electrons. The van der Waals surface area contributed by atoms with Gasteiger partial charge in [0.15, 0.2) is 0 Å². The largest absolute Gasteiger partial charge is 0.397 e. The molecule has 0 saturated heterocycles. The number of benzene rings is 1. The van der Waals surface area contributed by atoms with Gasteiger partial charge in [-0.15, -0.1) is 0 Å².